The van der Waals surface area contributed by atoms with E-state index in [2.05, 4.69) is 10.2 Å². The van der Waals surface area contributed by atoms with Gasteiger partial charge in [0.15, 0.2) is 0 Å². The van der Waals surface area contributed by atoms with E-state index >= 15 is 0 Å². The second kappa shape index (κ2) is 2.98. The van der Waals surface area contributed by atoms with Gasteiger partial charge in [-0.1, -0.05) is 0 Å². The van der Waals surface area contributed by atoms with Gasteiger partial charge < -0.3 is 15.3 Å². The summed E-state index contributed by atoms with van der Waals surface area (Å²) >= 11 is 0. The van der Waals surface area contributed by atoms with Crippen molar-refractivity contribution in [1.29, 1.82) is 0 Å². The fourth-order valence-electron chi connectivity index (χ4n) is 0.656. The molecule has 0 spiro atoms. The molecule has 5 heteroatoms. The minimum Gasteiger partial charge on any atom is -0.423 e. The third-order valence-corrected chi connectivity index (χ3v) is 1.29. The van der Waals surface area contributed by atoms with E-state index in [-0.39, 0.29) is 5.89 Å². The van der Waals surface area contributed by atoms with E-state index in [0.29, 0.717) is 5.89 Å². The van der Waals surface area contributed by atoms with Gasteiger partial charge in [0, 0.05) is 13.0 Å². The van der Waals surface area contributed by atoms with E-state index in [1.165, 1.54) is 0 Å². The molecule has 11 heavy (non-hydrogen) atoms. The molecule has 0 aromatic carbocycles. The average molecular weight is 157 g/mol. The molecule has 62 valence electrons. The molecule has 0 bridgehead atoms. The first kappa shape index (κ1) is 8.16. The Labute approximate surface area is 64.2 Å². The second-order valence-electron chi connectivity index (χ2n) is 2.46. The summed E-state index contributed by atoms with van der Waals surface area (Å²) in [4.78, 5) is 0. The zero-order chi connectivity index (χ0) is 8.43. The van der Waals surface area contributed by atoms with Crippen molar-refractivity contribution in [2.45, 2.75) is 26.0 Å². The number of aromatic nitrogens is 2. The van der Waals surface area contributed by atoms with E-state index in [9.17, 15) is 5.11 Å². The first-order valence-corrected chi connectivity index (χ1v) is 3.35. The minimum atomic E-state index is -0.865. The quantitative estimate of drug-likeness (QED) is 0.618. The summed E-state index contributed by atoms with van der Waals surface area (Å²) in [7, 11) is 0. The molecule has 0 aliphatic rings. The van der Waals surface area contributed by atoms with Gasteiger partial charge in [-0.2, -0.15) is 0 Å². The molecule has 3 N–H and O–H groups in total. The molecule has 1 heterocycles. The third kappa shape index (κ3) is 1.75. The highest BCUT2D eigenvalue weighted by Gasteiger charge is 2.18. The van der Waals surface area contributed by atoms with Crippen molar-refractivity contribution >= 4 is 0 Å². The molecule has 2 atom stereocenters. The number of nitrogens with zero attached hydrogens (tertiary/aromatic N) is 2. The lowest BCUT2D eigenvalue weighted by Crippen LogP contribution is -2.24. The highest BCUT2D eigenvalue weighted by Crippen LogP contribution is 2.12. The van der Waals surface area contributed by atoms with Gasteiger partial charge in [0.1, 0.15) is 6.10 Å². The van der Waals surface area contributed by atoms with Crippen molar-refractivity contribution in [3.63, 3.8) is 0 Å². The van der Waals surface area contributed by atoms with Crippen LogP contribution in [0.2, 0.25) is 0 Å². The number of aliphatic hydroxyl groups is 1. The van der Waals surface area contributed by atoms with Crippen LogP contribution < -0.4 is 5.73 Å². The standard InChI is InChI=1S/C6H11N3O2/c1-3(7)5(10)6-9-8-4(2)11-6/h3,5,10H,7H2,1-2H3/t3-,5?/m0/s1. The normalized spacial score (nSPS) is 16.4. The molecule has 0 aliphatic carbocycles. The minimum absolute atomic E-state index is 0.178. The Morgan fingerprint density at radius 3 is 2.55 bits per heavy atom. The Balaban J connectivity index is 2.76. The largest absolute Gasteiger partial charge is 0.423 e. The van der Waals surface area contributed by atoms with Crippen LogP contribution in [-0.2, 0) is 0 Å². The molecule has 5 nitrogen and oxygen atoms in total. The van der Waals surface area contributed by atoms with Crippen molar-refractivity contribution in [2.75, 3.05) is 0 Å². The Bertz CT molecular complexity index is 233. The number of hydrogen-bond acceptors (Lipinski definition) is 5. The van der Waals surface area contributed by atoms with Gasteiger partial charge in [-0.3, -0.25) is 0 Å². The fourth-order valence-corrected chi connectivity index (χ4v) is 0.656. The van der Waals surface area contributed by atoms with Gasteiger partial charge in [0.25, 0.3) is 0 Å². The molecule has 0 radical (unpaired) electrons. The molecule has 1 aromatic rings. The summed E-state index contributed by atoms with van der Waals surface area (Å²) in [6, 6.07) is -0.394. The van der Waals surface area contributed by atoms with Crippen molar-refractivity contribution in [2.24, 2.45) is 5.73 Å². The fraction of sp³-hybridized carbons (Fsp3) is 0.667. The Hall–Kier alpha value is -0.940. The van der Waals surface area contributed by atoms with Crippen LogP contribution in [0, 0.1) is 6.92 Å². The molecule has 1 unspecified atom stereocenters. The smallest absolute Gasteiger partial charge is 0.246 e. The molecule has 0 saturated carbocycles. The highest BCUT2D eigenvalue weighted by molar-refractivity contribution is 4.88. The molecule has 0 fully saturated rings. The van der Waals surface area contributed by atoms with Crippen molar-refractivity contribution in [1.82, 2.24) is 10.2 Å². The molecule has 0 saturated heterocycles. The zero-order valence-corrected chi connectivity index (χ0v) is 6.48. The van der Waals surface area contributed by atoms with Gasteiger partial charge in [0.05, 0.1) is 0 Å². The van der Waals surface area contributed by atoms with Gasteiger partial charge in [-0.25, -0.2) is 0 Å². The van der Waals surface area contributed by atoms with E-state index in [4.69, 9.17) is 10.2 Å². The summed E-state index contributed by atoms with van der Waals surface area (Å²) in [5.41, 5.74) is 5.40. The molecular formula is C6H11N3O2. The monoisotopic (exact) mass is 157 g/mol. The third-order valence-electron chi connectivity index (χ3n) is 1.29. The summed E-state index contributed by atoms with van der Waals surface area (Å²) in [6.45, 7) is 3.33. The summed E-state index contributed by atoms with van der Waals surface area (Å²) in [5, 5.41) is 16.5. The molecule has 1 aromatic heterocycles. The predicted molar refractivity (Wildman–Crippen MR) is 37.6 cm³/mol. The lowest BCUT2D eigenvalue weighted by atomic mass is 10.2. The lowest BCUT2D eigenvalue weighted by Gasteiger charge is -2.08. The number of aliphatic hydroxyl groups excluding tert-OH is 1. The maximum absolute atomic E-state index is 9.29. The van der Waals surface area contributed by atoms with Crippen molar-refractivity contribution < 1.29 is 9.52 Å². The van der Waals surface area contributed by atoms with Crippen molar-refractivity contribution in [3.8, 4) is 0 Å². The number of rotatable bonds is 2. The molecule has 0 aliphatic heterocycles. The lowest BCUT2D eigenvalue weighted by molar-refractivity contribution is 0.120. The van der Waals surface area contributed by atoms with Crippen LogP contribution in [0.1, 0.15) is 24.8 Å². The number of aryl methyl sites for hydroxylation is 1. The van der Waals surface area contributed by atoms with Gasteiger partial charge in [0.2, 0.25) is 11.8 Å². The molecule has 0 amide bonds. The second-order valence-corrected chi connectivity index (χ2v) is 2.46. The number of nitrogens with two attached hydrogens (primary N) is 1. The van der Waals surface area contributed by atoms with E-state index in [0.717, 1.165) is 0 Å². The van der Waals surface area contributed by atoms with Crippen LogP contribution in [0.4, 0.5) is 0 Å². The van der Waals surface area contributed by atoms with E-state index < -0.39 is 12.1 Å². The topological polar surface area (TPSA) is 85.2 Å². The van der Waals surface area contributed by atoms with Gasteiger partial charge in [-0.15, -0.1) is 10.2 Å². The Morgan fingerprint density at radius 1 is 1.55 bits per heavy atom. The van der Waals surface area contributed by atoms with Gasteiger partial charge >= 0.3 is 0 Å². The van der Waals surface area contributed by atoms with Crippen LogP contribution in [0.3, 0.4) is 0 Å². The SMILES string of the molecule is Cc1nnc(C(O)[C@H](C)N)o1. The molecular weight excluding hydrogens is 146 g/mol. The van der Waals surface area contributed by atoms with Crippen molar-refractivity contribution in [3.05, 3.63) is 11.8 Å². The first-order valence-electron chi connectivity index (χ1n) is 3.35. The van der Waals surface area contributed by atoms with Crippen LogP contribution in [-0.4, -0.2) is 21.3 Å². The maximum Gasteiger partial charge on any atom is 0.246 e. The van der Waals surface area contributed by atoms with E-state index in [1.54, 1.807) is 13.8 Å². The maximum atomic E-state index is 9.29. The van der Waals surface area contributed by atoms with Gasteiger partial charge in [-0.05, 0) is 6.92 Å². The molecule has 1 rings (SSSR count). The highest BCUT2D eigenvalue weighted by atomic mass is 16.4. The Morgan fingerprint density at radius 2 is 2.18 bits per heavy atom. The average Bonchev–Trinajstić information content (AvgIpc) is 2.34. The summed E-state index contributed by atoms with van der Waals surface area (Å²) in [6.07, 6.45) is -0.865. The zero-order valence-electron chi connectivity index (χ0n) is 6.48. The van der Waals surface area contributed by atoms with Crippen LogP contribution >= 0.6 is 0 Å². The van der Waals surface area contributed by atoms with Crippen LogP contribution in [0.25, 0.3) is 0 Å². The van der Waals surface area contributed by atoms with E-state index in [1.807, 2.05) is 0 Å². The van der Waals surface area contributed by atoms with Crippen LogP contribution in [0.5, 0.6) is 0 Å². The van der Waals surface area contributed by atoms with Crippen LogP contribution in [0.15, 0.2) is 4.42 Å². The predicted octanol–water partition coefficient (Wildman–Crippen LogP) is -0.241. The number of hydrogen-bond donors (Lipinski definition) is 2. The first-order chi connectivity index (χ1) is 5.11. The Kier molecular flexibility index (Phi) is 2.21. The summed E-state index contributed by atoms with van der Waals surface area (Å²) in [5.74, 6) is 0.609. The summed E-state index contributed by atoms with van der Waals surface area (Å²) < 4.78 is 4.95.